The van der Waals surface area contributed by atoms with Gasteiger partial charge in [-0.3, -0.25) is 4.79 Å². The molecule has 2 aliphatic rings. The van der Waals surface area contributed by atoms with E-state index < -0.39 is 12.0 Å². The standard InChI is InChI=1S/C14H19N3O3/c18-12(4-6-16-7-5-15-9-16)17-8-10-2-1-3-11(10)13(17)14(19)20/h5,7,9-11,13H,1-4,6,8H2,(H,19,20). The third kappa shape index (κ3) is 2.30. The van der Waals surface area contributed by atoms with Crippen LogP contribution in [0.15, 0.2) is 18.7 Å². The number of nitrogens with zero attached hydrogens (tertiary/aromatic N) is 3. The molecule has 0 spiro atoms. The van der Waals surface area contributed by atoms with Gasteiger partial charge in [-0.2, -0.15) is 0 Å². The lowest BCUT2D eigenvalue weighted by atomic mass is 9.94. The van der Waals surface area contributed by atoms with Crippen LogP contribution >= 0.6 is 0 Å². The number of carboxylic acids is 1. The molecule has 0 bridgehead atoms. The number of likely N-dealkylation sites (tertiary alicyclic amines) is 1. The minimum atomic E-state index is -0.851. The van der Waals surface area contributed by atoms with Crippen LogP contribution in [-0.2, 0) is 16.1 Å². The monoisotopic (exact) mass is 277 g/mol. The number of imidazole rings is 1. The smallest absolute Gasteiger partial charge is 0.326 e. The number of hydrogen-bond acceptors (Lipinski definition) is 3. The zero-order valence-corrected chi connectivity index (χ0v) is 11.3. The molecule has 0 radical (unpaired) electrons. The minimum Gasteiger partial charge on any atom is -0.480 e. The van der Waals surface area contributed by atoms with Crippen LogP contribution < -0.4 is 0 Å². The van der Waals surface area contributed by atoms with Gasteiger partial charge in [0.1, 0.15) is 6.04 Å². The number of amides is 1. The minimum absolute atomic E-state index is 0.0551. The first-order chi connectivity index (χ1) is 9.66. The highest BCUT2D eigenvalue weighted by Crippen LogP contribution is 2.42. The van der Waals surface area contributed by atoms with E-state index in [1.807, 2.05) is 4.57 Å². The second-order valence-corrected chi connectivity index (χ2v) is 5.73. The molecule has 1 saturated heterocycles. The van der Waals surface area contributed by atoms with Crippen molar-refractivity contribution in [2.45, 2.75) is 38.3 Å². The molecule has 1 N–H and O–H groups in total. The Bertz CT molecular complexity index is 500. The Balaban J connectivity index is 1.65. The number of aryl methyl sites for hydroxylation is 1. The lowest BCUT2D eigenvalue weighted by Crippen LogP contribution is -2.43. The summed E-state index contributed by atoms with van der Waals surface area (Å²) in [4.78, 5) is 29.3. The van der Waals surface area contributed by atoms with Gasteiger partial charge in [0, 0.05) is 31.9 Å². The van der Waals surface area contributed by atoms with E-state index >= 15 is 0 Å². The van der Waals surface area contributed by atoms with Crippen LogP contribution in [0, 0.1) is 11.8 Å². The van der Waals surface area contributed by atoms with Gasteiger partial charge >= 0.3 is 5.97 Å². The van der Waals surface area contributed by atoms with E-state index in [0.717, 1.165) is 19.3 Å². The van der Waals surface area contributed by atoms with Crippen LogP contribution in [0.3, 0.4) is 0 Å². The van der Waals surface area contributed by atoms with Crippen molar-refractivity contribution in [1.29, 1.82) is 0 Å². The van der Waals surface area contributed by atoms with Gasteiger partial charge in [-0.15, -0.1) is 0 Å². The molecule has 1 amide bonds. The average Bonchev–Trinajstić information content (AvgIpc) is 3.10. The Hall–Kier alpha value is -1.85. The van der Waals surface area contributed by atoms with Crippen molar-refractivity contribution in [3.63, 3.8) is 0 Å². The maximum atomic E-state index is 12.3. The summed E-state index contributed by atoms with van der Waals surface area (Å²) in [5, 5.41) is 9.42. The maximum Gasteiger partial charge on any atom is 0.326 e. The Morgan fingerprint density at radius 3 is 2.90 bits per heavy atom. The molecule has 1 aliphatic heterocycles. The van der Waals surface area contributed by atoms with E-state index in [4.69, 9.17) is 0 Å². The molecule has 3 unspecified atom stereocenters. The highest BCUT2D eigenvalue weighted by atomic mass is 16.4. The topological polar surface area (TPSA) is 75.4 Å². The number of fused-ring (bicyclic) bond motifs is 1. The predicted octanol–water partition coefficient (Wildman–Crippen LogP) is 0.985. The zero-order chi connectivity index (χ0) is 14.1. The molecular formula is C14H19N3O3. The molecule has 1 saturated carbocycles. The average molecular weight is 277 g/mol. The molecule has 6 heteroatoms. The number of carbonyl (C=O) groups is 2. The fraction of sp³-hybridized carbons (Fsp3) is 0.643. The number of hydrogen-bond donors (Lipinski definition) is 1. The van der Waals surface area contributed by atoms with Crippen molar-refractivity contribution >= 4 is 11.9 Å². The van der Waals surface area contributed by atoms with Crippen molar-refractivity contribution in [3.8, 4) is 0 Å². The summed E-state index contributed by atoms with van der Waals surface area (Å²) in [6, 6.07) is -0.613. The van der Waals surface area contributed by atoms with Crippen LogP contribution in [0.25, 0.3) is 0 Å². The number of carbonyl (C=O) groups excluding carboxylic acids is 1. The lowest BCUT2D eigenvalue weighted by Gasteiger charge is -2.24. The van der Waals surface area contributed by atoms with Crippen molar-refractivity contribution in [2.24, 2.45) is 11.8 Å². The van der Waals surface area contributed by atoms with E-state index in [1.165, 1.54) is 0 Å². The Morgan fingerprint density at radius 1 is 1.35 bits per heavy atom. The van der Waals surface area contributed by atoms with Gasteiger partial charge in [0.15, 0.2) is 0 Å². The van der Waals surface area contributed by atoms with Crippen molar-refractivity contribution in [1.82, 2.24) is 14.5 Å². The number of rotatable bonds is 4. The maximum absolute atomic E-state index is 12.3. The van der Waals surface area contributed by atoms with Crippen LogP contribution in [0.2, 0.25) is 0 Å². The van der Waals surface area contributed by atoms with Gasteiger partial charge in [-0.25, -0.2) is 9.78 Å². The van der Waals surface area contributed by atoms with E-state index in [9.17, 15) is 14.7 Å². The first kappa shape index (κ1) is 13.1. The van der Waals surface area contributed by atoms with Crippen molar-refractivity contribution < 1.29 is 14.7 Å². The molecule has 1 aromatic rings. The highest BCUT2D eigenvalue weighted by Gasteiger charge is 2.49. The van der Waals surface area contributed by atoms with E-state index in [0.29, 0.717) is 25.4 Å². The molecule has 2 fully saturated rings. The molecule has 3 atom stereocenters. The first-order valence-corrected chi connectivity index (χ1v) is 7.15. The second-order valence-electron chi connectivity index (χ2n) is 5.73. The lowest BCUT2D eigenvalue weighted by molar-refractivity contribution is -0.149. The highest BCUT2D eigenvalue weighted by molar-refractivity contribution is 5.84. The number of carboxylic acid groups (broad SMARTS) is 1. The van der Waals surface area contributed by atoms with Crippen LogP contribution in [0.4, 0.5) is 0 Å². The summed E-state index contributed by atoms with van der Waals surface area (Å²) >= 11 is 0. The fourth-order valence-electron chi connectivity index (χ4n) is 3.67. The number of aliphatic carboxylic acids is 1. The summed E-state index contributed by atoms with van der Waals surface area (Å²) in [7, 11) is 0. The molecule has 2 heterocycles. The summed E-state index contributed by atoms with van der Waals surface area (Å²) in [5.74, 6) is -0.367. The third-order valence-corrected chi connectivity index (χ3v) is 4.61. The van der Waals surface area contributed by atoms with Crippen LogP contribution in [-0.4, -0.2) is 44.0 Å². The number of aromatic nitrogens is 2. The quantitative estimate of drug-likeness (QED) is 0.890. The summed E-state index contributed by atoms with van der Waals surface area (Å²) < 4.78 is 1.84. The SMILES string of the molecule is O=C(O)C1C2CCCC2CN1C(=O)CCn1ccnc1. The van der Waals surface area contributed by atoms with Crippen molar-refractivity contribution in [2.75, 3.05) is 6.54 Å². The van der Waals surface area contributed by atoms with Crippen molar-refractivity contribution in [3.05, 3.63) is 18.7 Å². The van der Waals surface area contributed by atoms with Crippen LogP contribution in [0.1, 0.15) is 25.7 Å². The molecule has 3 rings (SSSR count). The molecule has 108 valence electrons. The Kier molecular flexibility index (Phi) is 3.46. The molecule has 1 aromatic heterocycles. The first-order valence-electron chi connectivity index (χ1n) is 7.15. The zero-order valence-electron chi connectivity index (χ0n) is 11.3. The van der Waals surface area contributed by atoms with Gasteiger partial charge in [0.2, 0.25) is 5.91 Å². The second kappa shape index (κ2) is 5.26. The van der Waals surface area contributed by atoms with Gasteiger partial charge < -0.3 is 14.6 Å². The molecule has 0 aromatic carbocycles. The summed E-state index contributed by atoms with van der Waals surface area (Å²) in [6.07, 6.45) is 8.56. The van der Waals surface area contributed by atoms with Gasteiger partial charge in [-0.05, 0) is 24.7 Å². The van der Waals surface area contributed by atoms with Gasteiger partial charge in [0.25, 0.3) is 0 Å². The van der Waals surface area contributed by atoms with E-state index in [2.05, 4.69) is 4.98 Å². The molecule has 6 nitrogen and oxygen atoms in total. The van der Waals surface area contributed by atoms with E-state index in [-0.39, 0.29) is 11.8 Å². The Labute approximate surface area is 117 Å². The summed E-state index contributed by atoms with van der Waals surface area (Å²) in [5.41, 5.74) is 0. The third-order valence-electron chi connectivity index (χ3n) is 4.61. The molecule has 20 heavy (non-hydrogen) atoms. The molecular weight excluding hydrogens is 258 g/mol. The fourth-order valence-corrected chi connectivity index (χ4v) is 3.67. The van der Waals surface area contributed by atoms with E-state index in [1.54, 1.807) is 23.6 Å². The Morgan fingerprint density at radius 2 is 2.20 bits per heavy atom. The van der Waals surface area contributed by atoms with Gasteiger partial charge in [-0.1, -0.05) is 6.42 Å². The predicted molar refractivity (Wildman–Crippen MR) is 70.8 cm³/mol. The largest absolute Gasteiger partial charge is 0.480 e. The van der Waals surface area contributed by atoms with Gasteiger partial charge in [0.05, 0.1) is 6.33 Å². The normalized spacial score (nSPS) is 28.6. The summed E-state index contributed by atoms with van der Waals surface area (Å²) in [6.45, 7) is 1.17. The van der Waals surface area contributed by atoms with Crippen LogP contribution in [0.5, 0.6) is 0 Å². The molecule has 1 aliphatic carbocycles.